The lowest BCUT2D eigenvalue weighted by molar-refractivity contribution is 0.0515. The van der Waals surface area contributed by atoms with Gasteiger partial charge in [0.1, 0.15) is 0 Å². The van der Waals surface area contributed by atoms with Gasteiger partial charge < -0.3 is 14.2 Å². The van der Waals surface area contributed by atoms with Gasteiger partial charge in [-0.05, 0) is 24.8 Å². The van der Waals surface area contributed by atoms with Gasteiger partial charge in [0.15, 0.2) is 11.5 Å². The van der Waals surface area contributed by atoms with E-state index in [4.69, 9.17) is 14.2 Å². The molecule has 1 saturated carbocycles. The van der Waals surface area contributed by atoms with E-state index in [0.29, 0.717) is 11.5 Å². The number of ether oxygens (including phenoxy) is 3. The van der Waals surface area contributed by atoms with Crippen LogP contribution >= 0.6 is 0 Å². The number of benzene rings is 1. The summed E-state index contributed by atoms with van der Waals surface area (Å²) in [6.07, 6.45) is 5.59. The van der Waals surface area contributed by atoms with E-state index in [2.05, 4.69) is 22.8 Å². The van der Waals surface area contributed by atoms with E-state index in [1.165, 1.54) is 38.8 Å². The van der Waals surface area contributed by atoms with Crippen LogP contribution in [0, 0.1) is 5.92 Å². The van der Waals surface area contributed by atoms with Crippen molar-refractivity contribution in [3.05, 3.63) is 17.7 Å². The molecule has 1 heterocycles. The van der Waals surface area contributed by atoms with E-state index in [1.54, 1.807) is 21.3 Å². The molecule has 146 valence electrons. The average Bonchev–Trinajstić information content (AvgIpc) is 2.68. The predicted octanol–water partition coefficient (Wildman–Crippen LogP) is 3.41. The van der Waals surface area contributed by atoms with Crippen molar-refractivity contribution in [1.29, 1.82) is 0 Å². The average molecular weight is 363 g/mol. The third-order valence-corrected chi connectivity index (χ3v) is 6.12. The van der Waals surface area contributed by atoms with Gasteiger partial charge in [0.05, 0.1) is 21.3 Å². The Kier molecular flexibility index (Phi) is 6.65. The second-order valence-corrected chi connectivity index (χ2v) is 7.63. The molecule has 5 nitrogen and oxygen atoms in total. The van der Waals surface area contributed by atoms with Crippen LogP contribution in [0.15, 0.2) is 12.1 Å². The molecule has 3 rings (SSSR count). The smallest absolute Gasteiger partial charge is 0.203 e. The maximum absolute atomic E-state index is 5.64. The van der Waals surface area contributed by atoms with Crippen LogP contribution in [-0.4, -0.2) is 63.4 Å². The highest BCUT2D eigenvalue weighted by Crippen LogP contribution is 2.40. The van der Waals surface area contributed by atoms with Crippen molar-refractivity contribution in [2.45, 2.75) is 45.2 Å². The third kappa shape index (κ3) is 4.09. The molecule has 1 saturated heterocycles. The molecule has 0 amide bonds. The van der Waals surface area contributed by atoms with Crippen molar-refractivity contribution < 1.29 is 14.2 Å². The van der Waals surface area contributed by atoms with Crippen molar-refractivity contribution in [3.63, 3.8) is 0 Å². The molecule has 5 heteroatoms. The van der Waals surface area contributed by atoms with E-state index in [-0.39, 0.29) is 0 Å². The number of rotatable bonds is 6. The van der Waals surface area contributed by atoms with Gasteiger partial charge in [-0.1, -0.05) is 25.8 Å². The van der Waals surface area contributed by atoms with Gasteiger partial charge in [-0.3, -0.25) is 9.80 Å². The lowest BCUT2D eigenvalue weighted by atomic mass is 9.84. The molecule has 0 radical (unpaired) electrons. The van der Waals surface area contributed by atoms with E-state index in [9.17, 15) is 0 Å². The molecule has 0 N–H and O–H groups in total. The Labute approximate surface area is 158 Å². The second kappa shape index (κ2) is 8.96. The van der Waals surface area contributed by atoms with Gasteiger partial charge in [0, 0.05) is 44.3 Å². The molecule has 0 aromatic heterocycles. The van der Waals surface area contributed by atoms with Gasteiger partial charge >= 0.3 is 0 Å². The Bertz CT molecular complexity index is 585. The quantitative estimate of drug-likeness (QED) is 0.775. The van der Waals surface area contributed by atoms with Gasteiger partial charge in [-0.15, -0.1) is 0 Å². The monoisotopic (exact) mass is 362 g/mol. The molecule has 0 spiro atoms. The van der Waals surface area contributed by atoms with Crippen molar-refractivity contribution in [3.8, 4) is 17.2 Å². The summed E-state index contributed by atoms with van der Waals surface area (Å²) >= 11 is 0. The summed E-state index contributed by atoms with van der Waals surface area (Å²) in [5.41, 5.74) is 1.16. The summed E-state index contributed by atoms with van der Waals surface area (Å²) in [6.45, 7) is 7.89. The van der Waals surface area contributed by atoms with Crippen molar-refractivity contribution in [2.75, 3.05) is 47.5 Å². The minimum Gasteiger partial charge on any atom is -0.493 e. The molecular weight excluding hydrogens is 328 g/mol. The minimum absolute atomic E-state index is 0.683. The van der Waals surface area contributed by atoms with Crippen LogP contribution in [0.3, 0.4) is 0 Å². The van der Waals surface area contributed by atoms with E-state index < -0.39 is 0 Å². The number of piperazine rings is 1. The van der Waals surface area contributed by atoms with Gasteiger partial charge in [0.25, 0.3) is 0 Å². The van der Waals surface area contributed by atoms with E-state index in [1.807, 2.05) is 6.07 Å². The molecule has 2 atom stereocenters. The molecule has 1 aliphatic carbocycles. The van der Waals surface area contributed by atoms with Crippen LogP contribution in [0.25, 0.3) is 0 Å². The normalized spacial score (nSPS) is 25.1. The van der Waals surface area contributed by atoms with Crippen LogP contribution in [-0.2, 0) is 6.54 Å². The first-order chi connectivity index (χ1) is 12.7. The standard InChI is InChI=1S/C21H34N2O3/c1-16-7-5-6-8-18(16)23-13-11-22(12-14-23)15-17-9-10-19(24-2)21(26-4)20(17)25-3/h9-10,16,18H,5-8,11-15H2,1-4H3. The fourth-order valence-corrected chi connectivity index (χ4v) is 4.62. The summed E-state index contributed by atoms with van der Waals surface area (Å²) < 4.78 is 16.5. The highest BCUT2D eigenvalue weighted by Gasteiger charge is 2.30. The van der Waals surface area contributed by atoms with Crippen LogP contribution in [0.5, 0.6) is 17.2 Å². The fraction of sp³-hybridized carbons (Fsp3) is 0.714. The number of hydrogen-bond acceptors (Lipinski definition) is 5. The summed E-state index contributed by atoms with van der Waals surface area (Å²) in [6, 6.07) is 4.85. The lowest BCUT2D eigenvalue weighted by Crippen LogP contribution is -2.52. The van der Waals surface area contributed by atoms with Gasteiger partial charge in [-0.2, -0.15) is 0 Å². The van der Waals surface area contributed by atoms with Gasteiger partial charge in [-0.25, -0.2) is 0 Å². The molecular formula is C21H34N2O3. The van der Waals surface area contributed by atoms with Crippen LogP contribution in [0.4, 0.5) is 0 Å². The SMILES string of the molecule is COc1ccc(CN2CCN(C3CCCCC3C)CC2)c(OC)c1OC. The van der Waals surface area contributed by atoms with Crippen molar-refractivity contribution in [1.82, 2.24) is 9.80 Å². The molecule has 2 fully saturated rings. The topological polar surface area (TPSA) is 34.2 Å². The molecule has 2 aliphatic rings. The number of hydrogen-bond donors (Lipinski definition) is 0. The van der Waals surface area contributed by atoms with E-state index >= 15 is 0 Å². The Morgan fingerprint density at radius 3 is 2.19 bits per heavy atom. The summed E-state index contributed by atoms with van der Waals surface area (Å²) in [5, 5.41) is 0. The first-order valence-corrected chi connectivity index (χ1v) is 9.92. The third-order valence-electron chi connectivity index (χ3n) is 6.12. The highest BCUT2D eigenvalue weighted by molar-refractivity contribution is 5.55. The Morgan fingerprint density at radius 1 is 0.885 bits per heavy atom. The predicted molar refractivity (Wildman–Crippen MR) is 104 cm³/mol. The molecule has 1 aromatic rings. The lowest BCUT2D eigenvalue weighted by Gasteiger charge is -2.43. The van der Waals surface area contributed by atoms with Crippen molar-refractivity contribution in [2.24, 2.45) is 5.92 Å². The zero-order valence-electron chi connectivity index (χ0n) is 16.8. The first kappa shape index (κ1) is 19.3. The molecule has 26 heavy (non-hydrogen) atoms. The Morgan fingerprint density at radius 2 is 1.58 bits per heavy atom. The molecule has 1 aromatic carbocycles. The van der Waals surface area contributed by atoms with Crippen LogP contribution in [0.1, 0.15) is 38.2 Å². The van der Waals surface area contributed by atoms with Crippen molar-refractivity contribution >= 4 is 0 Å². The fourth-order valence-electron chi connectivity index (χ4n) is 4.62. The zero-order valence-corrected chi connectivity index (χ0v) is 16.8. The van der Waals surface area contributed by atoms with Gasteiger partial charge in [0.2, 0.25) is 5.75 Å². The maximum Gasteiger partial charge on any atom is 0.203 e. The Hall–Kier alpha value is -1.46. The minimum atomic E-state index is 0.683. The van der Waals surface area contributed by atoms with Crippen LogP contribution in [0.2, 0.25) is 0 Å². The largest absolute Gasteiger partial charge is 0.493 e. The summed E-state index contributed by atoms with van der Waals surface area (Å²) in [7, 11) is 5.01. The first-order valence-electron chi connectivity index (χ1n) is 9.92. The molecule has 1 aliphatic heterocycles. The second-order valence-electron chi connectivity index (χ2n) is 7.63. The molecule has 2 unspecified atom stereocenters. The molecule has 0 bridgehead atoms. The Balaban J connectivity index is 1.62. The maximum atomic E-state index is 5.64. The number of nitrogens with zero attached hydrogens (tertiary/aromatic N) is 2. The van der Waals surface area contributed by atoms with E-state index in [0.717, 1.165) is 42.9 Å². The van der Waals surface area contributed by atoms with Crippen LogP contribution < -0.4 is 14.2 Å². The highest BCUT2D eigenvalue weighted by atomic mass is 16.5. The summed E-state index contributed by atoms with van der Waals surface area (Å²) in [5.74, 6) is 3.03. The zero-order chi connectivity index (χ0) is 18.5. The summed E-state index contributed by atoms with van der Waals surface area (Å²) in [4.78, 5) is 5.25. The number of methoxy groups -OCH3 is 3.